The molecule has 0 fully saturated rings. The van der Waals surface area contributed by atoms with E-state index in [0.29, 0.717) is 12.2 Å². The van der Waals surface area contributed by atoms with Crippen LogP contribution in [0.1, 0.15) is 13.3 Å². The Labute approximate surface area is 100 Å². The smallest absolute Gasteiger partial charge is 0.222 e. The molecule has 1 atom stereocenters. The van der Waals surface area contributed by atoms with Crippen molar-refractivity contribution in [3.63, 3.8) is 0 Å². The number of carbonyl (C=O) groups excluding carboxylic acids is 1. The van der Waals surface area contributed by atoms with Gasteiger partial charge in [0.15, 0.2) is 0 Å². The predicted molar refractivity (Wildman–Crippen MR) is 66.2 cm³/mol. The van der Waals surface area contributed by atoms with E-state index in [-0.39, 0.29) is 30.7 Å². The van der Waals surface area contributed by atoms with Crippen LogP contribution in [-0.4, -0.2) is 25.0 Å². The predicted octanol–water partition coefficient (Wildman–Crippen LogP) is 1.09. The quantitative estimate of drug-likeness (QED) is 0.696. The summed E-state index contributed by atoms with van der Waals surface area (Å²) in [6.07, 6.45) is 0.235. The van der Waals surface area contributed by atoms with E-state index in [1.165, 1.54) is 6.07 Å². The molecule has 0 radical (unpaired) electrons. The van der Waals surface area contributed by atoms with E-state index in [0.717, 1.165) is 0 Å². The summed E-state index contributed by atoms with van der Waals surface area (Å²) in [6, 6.07) is 6.06. The maximum atomic E-state index is 13.4. The molecule has 0 aromatic heterocycles. The Hall–Kier alpha value is -1.62. The Morgan fingerprint density at radius 2 is 2.18 bits per heavy atom. The van der Waals surface area contributed by atoms with Gasteiger partial charge in [0, 0.05) is 25.6 Å². The van der Waals surface area contributed by atoms with Crippen LogP contribution in [0.4, 0.5) is 10.1 Å². The van der Waals surface area contributed by atoms with Gasteiger partial charge in [-0.3, -0.25) is 4.79 Å². The maximum Gasteiger partial charge on any atom is 0.222 e. The second-order valence-electron chi connectivity index (χ2n) is 3.71. The lowest BCUT2D eigenvalue weighted by molar-refractivity contribution is -0.121. The molecular weight excluding hydrogens is 221 g/mol. The first-order valence-corrected chi connectivity index (χ1v) is 5.65. The number of para-hydroxylation sites is 1. The molecule has 94 valence electrons. The van der Waals surface area contributed by atoms with E-state index in [4.69, 9.17) is 5.73 Å². The molecule has 1 unspecified atom stereocenters. The van der Waals surface area contributed by atoms with Gasteiger partial charge in [-0.15, -0.1) is 0 Å². The van der Waals surface area contributed by atoms with Crippen molar-refractivity contribution in [1.82, 2.24) is 5.32 Å². The zero-order valence-corrected chi connectivity index (χ0v) is 9.87. The molecule has 1 aromatic rings. The summed E-state index contributed by atoms with van der Waals surface area (Å²) >= 11 is 0. The summed E-state index contributed by atoms with van der Waals surface area (Å²) in [6.45, 7) is 2.70. The Morgan fingerprint density at radius 3 is 2.76 bits per heavy atom. The molecule has 0 heterocycles. The van der Waals surface area contributed by atoms with Crippen LogP contribution in [0.3, 0.4) is 0 Å². The first-order valence-electron chi connectivity index (χ1n) is 5.65. The van der Waals surface area contributed by atoms with Gasteiger partial charge in [0.2, 0.25) is 5.91 Å². The number of amides is 1. The average Bonchev–Trinajstić information content (AvgIpc) is 2.31. The summed E-state index contributed by atoms with van der Waals surface area (Å²) in [5, 5.41) is 5.61. The number of nitrogens with one attached hydrogen (secondary N) is 2. The van der Waals surface area contributed by atoms with Gasteiger partial charge < -0.3 is 16.4 Å². The van der Waals surface area contributed by atoms with E-state index in [9.17, 15) is 9.18 Å². The van der Waals surface area contributed by atoms with E-state index in [1.54, 1.807) is 18.2 Å². The monoisotopic (exact) mass is 239 g/mol. The van der Waals surface area contributed by atoms with Crippen molar-refractivity contribution in [3.05, 3.63) is 30.1 Å². The summed E-state index contributed by atoms with van der Waals surface area (Å²) < 4.78 is 13.4. The van der Waals surface area contributed by atoms with E-state index in [1.807, 2.05) is 6.92 Å². The summed E-state index contributed by atoms with van der Waals surface area (Å²) in [5.74, 6) is -0.436. The molecule has 0 aliphatic carbocycles. The number of hydrogen-bond donors (Lipinski definition) is 3. The number of rotatable bonds is 6. The molecule has 17 heavy (non-hydrogen) atoms. The van der Waals surface area contributed by atoms with Crippen molar-refractivity contribution in [3.8, 4) is 0 Å². The van der Waals surface area contributed by atoms with Crippen LogP contribution in [0.15, 0.2) is 24.3 Å². The molecule has 0 saturated heterocycles. The molecule has 0 aliphatic rings. The summed E-state index contributed by atoms with van der Waals surface area (Å²) in [7, 11) is 0. The van der Waals surface area contributed by atoms with E-state index >= 15 is 0 Å². The third-order valence-corrected chi connectivity index (χ3v) is 2.32. The van der Waals surface area contributed by atoms with Crippen molar-refractivity contribution >= 4 is 11.6 Å². The average molecular weight is 239 g/mol. The van der Waals surface area contributed by atoms with Gasteiger partial charge in [0.1, 0.15) is 5.82 Å². The highest BCUT2D eigenvalue weighted by Gasteiger charge is 2.13. The Bertz CT molecular complexity index is 371. The zero-order valence-electron chi connectivity index (χ0n) is 9.87. The molecular formula is C12H18FN3O. The topological polar surface area (TPSA) is 67.2 Å². The fraction of sp³-hybridized carbons (Fsp3) is 0.417. The normalized spacial score (nSPS) is 11.9. The molecule has 4 N–H and O–H groups in total. The Balaban J connectivity index is 2.58. The minimum atomic E-state index is -0.346. The standard InChI is InChI=1S/C12H18FN3O/c1-2-15-12(17)7-9(8-14)16-11-6-4-3-5-10(11)13/h3-6,9,16H,2,7-8,14H2,1H3,(H,15,17). The van der Waals surface area contributed by atoms with Crippen LogP contribution >= 0.6 is 0 Å². The second kappa shape index (κ2) is 6.85. The maximum absolute atomic E-state index is 13.4. The number of halogens is 1. The molecule has 5 heteroatoms. The van der Waals surface area contributed by atoms with Crippen LogP contribution in [0.5, 0.6) is 0 Å². The van der Waals surface area contributed by atoms with Crippen molar-refractivity contribution in [2.45, 2.75) is 19.4 Å². The molecule has 0 saturated carbocycles. The first kappa shape index (κ1) is 13.4. The van der Waals surface area contributed by atoms with Crippen LogP contribution < -0.4 is 16.4 Å². The Morgan fingerprint density at radius 1 is 1.47 bits per heavy atom. The van der Waals surface area contributed by atoms with Crippen LogP contribution in [0.25, 0.3) is 0 Å². The minimum Gasteiger partial charge on any atom is -0.378 e. The van der Waals surface area contributed by atoms with E-state index in [2.05, 4.69) is 10.6 Å². The lowest BCUT2D eigenvalue weighted by Gasteiger charge is -2.17. The molecule has 0 aliphatic heterocycles. The lowest BCUT2D eigenvalue weighted by Crippen LogP contribution is -2.36. The highest BCUT2D eigenvalue weighted by Crippen LogP contribution is 2.14. The van der Waals surface area contributed by atoms with Crippen LogP contribution in [0, 0.1) is 5.82 Å². The SMILES string of the molecule is CCNC(=O)CC(CN)Nc1ccccc1F. The third kappa shape index (κ3) is 4.40. The number of carbonyl (C=O) groups is 1. The Kier molecular flexibility index (Phi) is 5.42. The number of benzene rings is 1. The largest absolute Gasteiger partial charge is 0.378 e. The van der Waals surface area contributed by atoms with Gasteiger partial charge in [0.25, 0.3) is 0 Å². The molecule has 4 nitrogen and oxygen atoms in total. The van der Waals surface area contributed by atoms with E-state index < -0.39 is 0 Å². The first-order chi connectivity index (χ1) is 8.17. The van der Waals surface area contributed by atoms with Crippen molar-refractivity contribution < 1.29 is 9.18 Å². The number of hydrogen-bond acceptors (Lipinski definition) is 3. The second-order valence-corrected chi connectivity index (χ2v) is 3.71. The fourth-order valence-electron chi connectivity index (χ4n) is 1.48. The van der Waals surface area contributed by atoms with Gasteiger partial charge in [-0.05, 0) is 19.1 Å². The minimum absolute atomic E-state index is 0.0909. The molecule has 1 rings (SSSR count). The number of anilines is 1. The van der Waals surface area contributed by atoms with Gasteiger partial charge in [-0.25, -0.2) is 4.39 Å². The molecule has 0 spiro atoms. The third-order valence-electron chi connectivity index (χ3n) is 2.32. The van der Waals surface area contributed by atoms with Crippen LogP contribution in [-0.2, 0) is 4.79 Å². The van der Waals surface area contributed by atoms with Gasteiger partial charge >= 0.3 is 0 Å². The highest BCUT2D eigenvalue weighted by molar-refractivity contribution is 5.77. The fourth-order valence-corrected chi connectivity index (χ4v) is 1.48. The van der Waals surface area contributed by atoms with Crippen molar-refractivity contribution in [1.29, 1.82) is 0 Å². The summed E-state index contributed by atoms with van der Waals surface area (Å²) in [5.41, 5.74) is 5.92. The number of nitrogens with two attached hydrogens (primary N) is 1. The highest BCUT2D eigenvalue weighted by atomic mass is 19.1. The zero-order chi connectivity index (χ0) is 12.7. The summed E-state index contributed by atoms with van der Waals surface area (Å²) in [4.78, 5) is 11.4. The molecule has 0 bridgehead atoms. The van der Waals surface area contributed by atoms with Gasteiger partial charge in [-0.2, -0.15) is 0 Å². The lowest BCUT2D eigenvalue weighted by atomic mass is 10.1. The van der Waals surface area contributed by atoms with Crippen molar-refractivity contribution in [2.24, 2.45) is 5.73 Å². The van der Waals surface area contributed by atoms with Gasteiger partial charge in [0.05, 0.1) is 5.69 Å². The van der Waals surface area contributed by atoms with Crippen LogP contribution in [0.2, 0.25) is 0 Å². The molecule has 1 aromatic carbocycles. The van der Waals surface area contributed by atoms with Gasteiger partial charge in [-0.1, -0.05) is 12.1 Å². The van der Waals surface area contributed by atoms with Crippen molar-refractivity contribution in [2.75, 3.05) is 18.4 Å². The molecule has 1 amide bonds.